The maximum Gasteiger partial charge on any atom is 0.322 e. The van der Waals surface area contributed by atoms with Gasteiger partial charge in [0.1, 0.15) is 6.61 Å². The van der Waals surface area contributed by atoms with Crippen LogP contribution in [0.2, 0.25) is 0 Å². The van der Waals surface area contributed by atoms with Crippen molar-refractivity contribution in [1.29, 1.82) is 0 Å². The topological polar surface area (TPSA) is 50.8 Å². The van der Waals surface area contributed by atoms with Gasteiger partial charge in [0.2, 0.25) is 0 Å². The molecular weight excluding hydrogens is 496 g/mol. The molecule has 5 heteroatoms. The predicted molar refractivity (Wildman–Crippen MR) is 159 cm³/mol. The van der Waals surface area contributed by atoms with E-state index in [4.69, 9.17) is 9.47 Å². The van der Waals surface area contributed by atoms with Crippen LogP contribution < -0.4 is 14.8 Å². The fourth-order valence-corrected chi connectivity index (χ4v) is 4.68. The van der Waals surface area contributed by atoms with E-state index in [0.717, 1.165) is 27.9 Å². The molecule has 2 amide bonds. The van der Waals surface area contributed by atoms with Gasteiger partial charge >= 0.3 is 6.03 Å². The Bertz CT molecular complexity index is 1450. The van der Waals surface area contributed by atoms with Crippen molar-refractivity contribution in [2.24, 2.45) is 0 Å². The van der Waals surface area contributed by atoms with Crippen LogP contribution in [0.3, 0.4) is 0 Å². The van der Waals surface area contributed by atoms with E-state index >= 15 is 0 Å². The smallest absolute Gasteiger partial charge is 0.322 e. The molecule has 0 aliphatic heterocycles. The third kappa shape index (κ3) is 6.69. The lowest BCUT2D eigenvalue weighted by Gasteiger charge is -2.33. The highest BCUT2D eigenvalue weighted by Gasteiger charge is 2.27. The molecular formula is C35H32N2O3. The summed E-state index contributed by atoms with van der Waals surface area (Å²) in [6.07, 6.45) is 0. The molecule has 0 aliphatic rings. The number of ether oxygens (including phenoxy) is 2. The monoisotopic (exact) mass is 528 g/mol. The average molecular weight is 529 g/mol. The van der Waals surface area contributed by atoms with E-state index in [9.17, 15) is 4.79 Å². The molecule has 0 bridgehead atoms. The van der Waals surface area contributed by atoms with Crippen LogP contribution in [0.25, 0.3) is 0 Å². The number of anilines is 1. The summed E-state index contributed by atoms with van der Waals surface area (Å²) < 4.78 is 11.8. The first-order valence-corrected chi connectivity index (χ1v) is 13.3. The van der Waals surface area contributed by atoms with Gasteiger partial charge in [-0.2, -0.15) is 0 Å². The first-order chi connectivity index (χ1) is 19.7. The second kappa shape index (κ2) is 13.2. The van der Waals surface area contributed by atoms with Crippen molar-refractivity contribution in [3.8, 4) is 11.5 Å². The van der Waals surface area contributed by atoms with E-state index in [1.807, 2.05) is 120 Å². The second-order valence-electron chi connectivity index (χ2n) is 9.41. The van der Waals surface area contributed by atoms with Crippen LogP contribution in [-0.2, 0) is 13.2 Å². The maximum atomic E-state index is 13.9. The molecule has 5 nitrogen and oxygen atoms in total. The molecule has 5 rings (SSSR count). The van der Waals surface area contributed by atoms with Crippen molar-refractivity contribution in [1.82, 2.24) is 4.90 Å². The van der Waals surface area contributed by atoms with Crippen LogP contribution >= 0.6 is 0 Å². The molecule has 0 unspecified atom stereocenters. The Morgan fingerprint density at radius 3 is 1.80 bits per heavy atom. The summed E-state index contributed by atoms with van der Waals surface area (Å²) in [4.78, 5) is 15.8. The molecule has 0 radical (unpaired) electrons. The number of rotatable bonds is 10. The fourth-order valence-electron chi connectivity index (χ4n) is 4.68. The third-order valence-corrected chi connectivity index (χ3v) is 6.65. The summed E-state index contributed by atoms with van der Waals surface area (Å²) in [5.41, 5.74) is 4.77. The zero-order valence-corrected chi connectivity index (χ0v) is 22.4. The van der Waals surface area contributed by atoms with E-state index in [-0.39, 0.29) is 12.1 Å². The van der Waals surface area contributed by atoms with Crippen molar-refractivity contribution >= 4 is 11.7 Å². The third-order valence-electron chi connectivity index (χ3n) is 6.65. The molecule has 0 saturated carbocycles. The van der Waals surface area contributed by atoms with Crippen LogP contribution in [0.1, 0.15) is 28.3 Å². The summed E-state index contributed by atoms with van der Waals surface area (Å²) in [6.45, 7) is 0.786. The zero-order chi connectivity index (χ0) is 27.6. The molecule has 0 aromatic heterocycles. The molecule has 5 aromatic carbocycles. The molecule has 0 heterocycles. The maximum absolute atomic E-state index is 13.9. The summed E-state index contributed by atoms with van der Waals surface area (Å²) >= 11 is 0. The Balaban J connectivity index is 1.48. The molecule has 200 valence electrons. The van der Waals surface area contributed by atoms with Gasteiger partial charge in [-0.05, 0) is 46.5 Å². The molecule has 0 atom stereocenters. The van der Waals surface area contributed by atoms with Gasteiger partial charge in [-0.3, -0.25) is 0 Å². The van der Waals surface area contributed by atoms with Gasteiger partial charge in [-0.1, -0.05) is 115 Å². The minimum atomic E-state index is -0.314. The number of para-hydroxylation sites is 1. The largest absolute Gasteiger partial charge is 0.493 e. The molecule has 5 aromatic rings. The van der Waals surface area contributed by atoms with Crippen LogP contribution in [0, 0.1) is 0 Å². The lowest BCUT2D eigenvalue weighted by atomic mass is 9.96. The highest BCUT2D eigenvalue weighted by atomic mass is 16.5. The van der Waals surface area contributed by atoms with Crippen molar-refractivity contribution in [3.05, 3.63) is 162 Å². The number of urea groups is 1. The number of methoxy groups -OCH3 is 1. The van der Waals surface area contributed by atoms with Gasteiger partial charge < -0.3 is 19.7 Å². The molecule has 0 fully saturated rings. The van der Waals surface area contributed by atoms with Gasteiger partial charge in [0.25, 0.3) is 0 Å². The van der Waals surface area contributed by atoms with Crippen LogP contribution in [0.5, 0.6) is 11.5 Å². The minimum Gasteiger partial charge on any atom is -0.493 e. The molecule has 0 spiro atoms. The number of carbonyl (C=O) groups excluding carboxylic acids is 1. The Morgan fingerprint density at radius 1 is 0.675 bits per heavy atom. The number of hydrogen-bond donors (Lipinski definition) is 1. The van der Waals surface area contributed by atoms with E-state index in [1.54, 1.807) is 7.11 Å². The quantitative estimate of drug-likeness (QED) is 0.199. The van der Waals surface area contributed by atoms with E-state index < -0.39 is 0 Å². The lowest BCUT2D eigenvalue weighted by molar-refractivity contribution is 0.194. The molecule has 0 saturated heterocycles. The van der Waals surface area contributed by atoms with Gasteiger partial charge in [0, 0.05) is 12.2 Å². The molecule has 1 N–H and O–H groups in total. The number of nitrogens with one attached hydrogen (secondary N) is 1. The number of benzene rings is 5. The van der Waals surface area contributed by atoms with Gasteiger partial charge in [-0.15, -0.1) is 0 Å². The van der Waals surface area contributed by atoms with Crippen molar-refractivity contribution in [2.75, 3.05) is 12.4 Å². The lowest BCUT2D eigenvalue weighted by Crippen LogP contribution is -2.38. The van der Waals surface area contributed by atoms with E-state index in [2.05, 4.69) is 29.6 Å². The van der Waals surface area contributed by atoms with Crippen LogP contribution in [0.4, 0.5) is 10.5 Å². The Hall–Kier alpha value is -5.03. The number of hydrogen-bond acceptors (Lipinski definition) is 3. The predicted octanol–water partition coefficient (Wildman–Crippen LogP) is 8.10. The second-order valence-corrected chi connectivity index (χ2v) is 9.41. The molecule has 40 heavy (non-hydrogen) atoms. The van der Waals surface area contributed by atoms with Crippen molar-refractivity contribution < 1.29 is 14.3 Å². The normalized spacial score (nSPS) is 10.7. The number of nitrogens with zero attached hydrogens (tertiary/aromatic N) is 1. The van der Waals surface area contributed by atoms with Gasteiger partial charge in [-0.25, -0.2) is 4.79 Å². The standard InChI is InChI=1S/C35H32N2O3/c1-39-33-24-28(22-23-32(33)40-26-27-14-6-2-7-15-27)25-37(35(38)36-31-20-12-5-13-21-31)34(29-16-8-3-9-17-29)30-18-10-4-11-19-30/h2-24,34H,25-26H2,1H3,(H,36,38). The highest BCUT2D eigenvalue weighted by Crippen LogP contribution is 2.34. The zero-order valence-electron chi connectivity index (χ0n) is 22.4. The van der Waals surface area contributed by atoms with Crippen LogP contribution in [0.15, 0.2) is 140 Å². The van der Waals surface area contributed by atoms with Crippen LogP contribution in [-0.4, -0.2) is 18.0 Å². The number of carbonyl (C=O) groups is 1. The minimum absolute atomic E-state index is 0.202. The number of amides is 2. The summed E-state index contributed by atoms with van der Waals surface area (Å²) in [6, 6.07) is 45.0. The SMILES string of the molecule is COc1cc(CN(C(=O)Nc2ccccc2)C(c2ccccc2)c2ccccc2)ccc1OCc1ccccc1. The van der Waals surface area contributed by atoms with Gasteiger partial charge in [0.15, 0.2) is 11.5 Å². The average Bonchev–Trinajstić information content (AvgIpc) is 3.02. The summed E-state index contributed by atoms with van der Waals surface area (Å²) in [5.74, 6) is 1.27. The van der Waals surface area contributed by atoms with E-state index in [0.29, 0.717) is 24.7 Å². The first-order valence-electron chi connectivity index (χ1n) is 13.3. The Labute approximate surface area is 235 Å². The molecule has 0 aliphatic carbocycles. The van der Waals surface area contributed by atoms with Crippen molar-refractivity contribution in [3.63, 3.8) is 0 Å². The van der Waals surface area contributed by atoms with E-state index in [1.165, 1.54) is 0 Å². The fraction of sp³-hybridized carbons (Fsp3) is 0.114. The summed E-state index contributed by atoms with van der Waals surface area (Å²) in [7, 11) is 1.63. The highest BCUT2D eigenvalue weighted by molar-refractivity contribution is 5.90. The summed E-state index contributed by atoms with van der Waals surface area (Å²) in [5, 5.41) is 3.09. The Morgan fingerprint density at radius 2 is 1.23 bits per heavy atom. The Kier molecular flexibility index (Phi) is 8.74. The van der Waals surface area contributed by atoms with Crippen molar-refractivity contribution in [2.45, 2.75) is 19.2 Å². The first kappa shape index (κ1) is 26.6. The van der Waals surface area contributed by atoms with Gasteiger partial charge in [0.05, 0.1) is 13.2 Å².